The lowest BCUT2D eigenvalue weighted by molar-refractivity contribution is -0.218. The zero-order valence-electron chi connectivity index (χ0n) is 7.28. The van der Waals surface area contributed by atoms with Gasteiger partial charge in [0.25, 0.3) is 0 Å². The Morgan fingerprint density at radius 3 is 2.55 bits per heavy atom. The van der Waals surface area contributed by atoms with Gasteiger partial charge in [-0.2, -0.15) is 0 Å². The van der Waals surface area contributed by atoms with Gasteiger partial charge in [0.15, 0.2) is 6.29 Å². The summed E-state index contributed by atoms with van der Waals surface area (Å²) in [5.41, 5.74) is 0. The number of hydrogen-bond donors (Lipinski definition) is 1. The largest absolute Gasteiger partial charge is 0.393 e. The van der Waals surface area contributed by atoms with Gasteiger partial charge in [-0.1, -0.05) is 6.92 Å². The third-order valence-electron chi connectivity index (χ3n) is 2.41. The molecule has 66 valence electrons. The normalized spacial score (nSPS) is 45.8. The van der Waals surface area contributed by atoms with Gasteiger partial charge < -0.3 is 14.6 Å². The Morgan fingerprint density at radius 2 is 2.09 bits per heavy atom. The summed E-state index contributed by atoms with van der Waals surface area (Å²) in [5.74, 6) is 0.210. The fraction of sp³-hybridized carbons (Fsp3) is 1.00. The van der Waals surface area contributed by atoms with Crippen molar-refractivity contribution >= 4 is 0 Å². The van der Waals surface area contributed by atoms with Crippen molar-refractivity contribution in [2.45, 2.75) is 38.8 Å². The van der Waals surface area contributed by atoms with E-state index in [9.17, 15) is 5.11 Å². The molecule has 1 heterocycles. The van der Waals surface area contributed by atoms with Gasteiger partial charge >= 0.3 is 0 Å². The molecule has 11 heavy (non-hydrogen) atoms. The third kappa shape index (κ3) is 1.92. The lowest BCUT2D eigenvalue weighted by atomic mass is 9.94. The summed E-state index contributed by atoms with van der Waals surface area (Å²) < 4.78 is 10.4. The minimum absolute atomic E-state index is 0.0868. The van der Waals surface area contributed by atoms with E-state index in [1.54, 1.807) is 7.11 Å². The fourth-order valence-electron chi connectivity index (χ4n) is 1.30. The second-order valence-corrected chi connectivity index (χ2v) is 3.17. The van der Waals surface area contributed by atoms with Gasteiger partial charge in [0, 0.05) is 19.4 Å². The molecule has 0 spiro atoms. The van der Waals surface area contributed by atoms with E-state index in [1.165, 1.54) is 0 Å². The predicted octanol–water partition coefficient (Wildman–Crippen LogP) is 0.765. The molecule has 1 rings (SSSR count). The summed E-state index contributed by atoms with van der Waals surface area (Å²) in [6.07, 6.45) is 0.158. The highest BCUT2D eigenvalue weighted by molar-refractivity contribution is 4.76. The molecule has 0 saturated carbocycles. The maximum atomic E-state index is 9.49. The maximum absolute atomic E-state index is 9.49. The molecule has 3 heteroatoms. The van der Waals surface area contributed by atoms with Crippen molar-refractivity contribution in [2.75, 3.05) is 7.11 Å². The van der Waals surface area contributed by atoms with E-state index in [2.05, 4.69) is 0 Å². The summed E-state index contributed by atoms with van der Waals surface area (Å²) in [4.78, 5) is 0. The Morgan fingerprint density at radius 1 is 1.45 bits per heavy atom. The van der Waals surface area contributed by atoms with Gasteiger partial charge in [0.1, 0.15) is 0 Å². The van der Waals surface area contributed by atoms with Crippen LogP contribution in [0.3, 0.4) is 0 Å². The van der Waals surface area contributed by atoms with Crippen LogP contribution in [-0.4, -0.2) is 30.7 Å². The predicted molar refractivity (Wildman–Crippen MR) is 41.1 cm³/mol. The molecule has 4 atom stereocenters. The van der Waals surface area contributed by atoms with Gasteiger partial charge in [0.05, 0.1) is 12.2 Å². The highest BCUT2D eigenvalue weighted by atomic mass is 16.7. The molecule has 1 fully saturated rings. The van der Waals surface area contributed by atoms with Crippen LogP contribution in [-0.2, 0) is 9.47 Å². The van der Waals surface area contributed by atoms with Crippen molar-refractivity contribution in [3.8, 4) is 0 Å². The van der Waals surface area contributed by atoms with Crippen LogP contribution in [0.15, 0.2) is 0 Å². The van der Waals surface area contributed by atoms with Crippen molar-refractivity contribution in [1.29, 1.82) is 0 Å². The molecule has 4 unspecified atom stereocenters. The van der Waals surface area contributed by atoms with E-state index in [1.807, 2.05) is 13.8 Å². The number of aliphatic hydroxyl groups is 1. The topological polar surface area (TPSA) is 38.7 Å². The summed E-state index contributed by atoms with van der Waals surface area (Å²) in [7, 11) is 1.60. The molecule has 1 aliphatic rings. The van der Waals surface area contributed by atoms with E-state index >= 15 is 0 Å². The van der Waals surface area contributed by atoms with Crippen molar-refractivity contribution in [1.82, 2.24) is 0 Å². The lowest BCUT2D eigenvalue weighted by Crippen LogP contribution is -2.41. The van der Waals surface area contributed by atoms with Crippen molar-refractivity contribution in [3.05, 3.63) is 0 Å². The Balaban J connectivity index is 2.47. The molecule has 0 aromatic heterocycles. The van der Waals surface area contributed by atoms with Gasteiger partial charge in [-0.15, -0.1) is 0 Å². The SMILES string of the molecule is COC1CC(O)C(C)C(C)O1. The Labute approximate surface area is 67.3 Å². The quantitative estimate of drug-likeness (QED) is 0.615. The summed E-state index contributed by atoms with van der Waals surface area (Å²) in [6.45, 7) is 3.94. The summed E-state index contributed by atoms with van der Waals surface area (Å²) in [6, 6.07) is 0. The van der Waals surface area contributed by atoms with Crippen LogP contribution in [0.2, 0.25) is 0 Å². The summed E-state index contributed by atoms with van der Waals surface area (Å²) >= 11 is 0. The number of ether oxygens (including phenoxy) is 2. The van der Waals surface area contributed by atoms with E-state index in [0.717, 1.165) is 0 Å². The number of hydrogen-bond acceptors (Lipinski definition) is 3. The molecule has 0 amide bonds. The van der Waals surface area contributed by atoms with Crippen LogP contribution in [0.1, 0.15) is 20.3 Å². The molecule has 0 aromatic rings. The van der Waals surface area contributed by atoms with Crippen LogP contribution in [0.5, 0.6) is 0 Å². The molecular formula is C8H16O3. The van der Waals surface area contributed by atoms with Crippen LogP contribution < -0.4 is 0 Å². The van der Waals surface area contributed by atoms with E-state index < -0.39 is 0 Å². The Bertz CT molecular complexity index is 115. The van der Waals surface area contributed by atoms with Crippen LogP contribution in [0, 0.1) is 5.92 Å². The first-order chi connectivity index (χ1) is 5.15. The van der Waals surface area contributed by atoms with Crippen molar-refractivity contribution in [3.63, 3.8) is 0 Å². The molecule has 0 bridgehead atoms. The molecule has 0 radical (unpaired) electrons. The Hall–Kier alpha value is -0.120. The van der Waals surface area contributed by atoms with E-state index in [4.69, 9.17) is 9.47 Å². The van der Waals surface area contributed by atoms with Crippen molar-refractivity contribution < 1.29 is 14.6 Å². The molecule has 1 aliphatic heterocycles. The average Bonchev–Trinajstić information content (AvgIpc) is 1.99. The van der Waals surface area contributed by atoms with Crippen LogP contribution >= 0.6 is 0 Å². The Kier molecular flexibility index (Phi) is 2.87. The first-order valence-corrected chi connectivity index (χ1v) is 4.01. The highest BCUT2D eigenvalue weighted by Crippen LogP contribution is 2.24. The number of rotatable bonds is 1. The molecule has 0 aromatic carbocycles. The maximum Gasteiger partial charge on any atom is 0.160 e. The zero-order valence-corrected chi connectivity index (χ0v) is 7.28. The minimum atomic E-state index is -0.288. The van der Waals surface area contributed by atoms with Crippen LogP contribution in [0.25, 0.3) is 0 Å². The first-order valence-electron chi connectivity index (χ1n) is 4.01. The molecule has 1 saturated heterocycles. The van der Waals surface area contributed by atoms with Crippen molar-refractivity contribution in [2.24, 2.45) is 5.92 Å². The highest BCUT2D eigenvalue weighted by Gasteiger charge is 2.31. The fourth-order valence-corrected chi connectivity index (χ4v) is 1.30. The monoisotopic (exact) mass is 160 g/mol. The zero-order chi connectivity index (χ0) is 8.43. The first kappa shape index (κ1) is 8.97. The van der Waals surface area contributed by atoms with Gasteiger partial charge in [0.2, 0.25) is 0 Å². The van der Waals surface area contributed by atoms with Gasteiger partial charge in [-0.05, 0) is 6.92 Å². The summed E-state index contributed by atoms with van der Waals surface area (Å²) in [5, 5.41) is 9.49. The molecular weight excluding hydrogens is 144 g/mol. The average molecular weight is 160 g/mol. The lowest BCUT2D eigenvalue weighted by Gasteiger charge is -2.35. The van der Waals surface area contributed by atoms with E-state index in [-0.39, 0.29) is 24.4 Å². The minimum Gasteiger partial charge on any atom is -0.393 e. The second kappa shape index (κ2) is 3.52. The number of methoxy groups -OCH3 is 1. The third-order valence-corrected chi connectivity index (χ3v) is 2.41. The molecule has 3 nitrogen and oxygen atoms in total. The van der Waals surface area contributed by atoms with Gasteiger partial charge in [-0.3, -0.25) is 0 Å². The standard InChI is InChI=1S/C8H16O3/c1-5-6(2)11-8(10-3)4-7(5)9/h5-9H,4H2,1-3H3. The molecule has 0 aliphatic carbocycles. The van der Waals surface area contributed by atoms with Crippen LogP contribution in [0.4, 0.5) is 0 Å². The smallest absolute Gasteiger partial charge is 0.160 e. The second-order valence-electron chi connectivity index (χ2n) is 3.17. The van der Waals surface area contributed by atoms with Gasteiger partial charge in [-0.25, -0.2) is 0 Å². The van der Waals surface area contributed by atoms with E-state index in [0.29, 0.717) is 6.42 Å². The number of aliphatic hydroxyl groups excluding tert-OH is 1. The molecule has 1 N–H and O–H groups in total.